The first-order valence-electron chi connectivity index (χ1n) is 15.8. The largest absolute Gasteiger partial charge is 0.382 e. The number of carbonyl (C=O) groups excluding carboxylic acids is 2. The highest BCUT2D eigenvalue weighted by atomic mass is 19.1. The summed E-state index contributed by atoms with van der Waals surface area (Å²) in [4.78, 5) is 32.7. The summed E-state index contributed by atoms with van der Waals surface area (Å²) in [5, 5.41) is 7.04. The van der Waals surface area contributed by atoms with E-state index in [9.17, 15) is 9.59 Å². The van der Waals surface area contributed by atoms with Gasteiger partial charge in [-0.3, -0.25) is 9.59 Å². The van der Waals surface area contributed by atoms with E-state index in [0.29, 0.717) is 11.6 Å². The predicted molar refractivity (Wildman–Crippen MR) is 160 cm³/mol. The maximum absolute atomic E-state index is 15.2. The Morgan fingerprint density at radius 2 is 1.61 bits per heavy atom. The molecule has 2 aliphatic heterocycles. The van der Waals surface area contributed by atoms with Crippen molar-refractivity contribution in [3.63, 3.8) is 0 Å². The van der Waals surface area contributed by atoms with Gasteiger partial charge < -0.3 is 20.4 Å². The van der Waals surface area contributed by atoms with Gasteiger partial charge >= 0.3 is 0 Å². The Bertz CT molecular complexity index is 1220. The molecule has 7 heteroatoms. The Morgan fingerprint density at radius 1 is 0.878 bits per heavy atom. The number of piperidine rings is 2. The summed E-state index contributed by atoms with van der Waals surface area (Å²) >= 11 is 0. The predicted octanol–water partition coefficient (Wildman–Crippen LogP) is 6.07. The molecule has 2 N–H and O–H groups in total. The number of anilines is 1. The minimum absolute atomic E-state index is 0.00942. The van der Waals surface area contributed by atoms with Gasteiger partial charge in [-0.1, -0.05) is 43.5 Å². The van der Waals surface area contributed by atoms with Crippen molar-refractivity contribution in [1.82, 2.24) is 15.1 Å². The van der Waals surface area contributed by atoms with Crippen LogP contribution in [0.2, 0.25) is 0 Å². The smallest absolute Gasteiger partial charge is 0.257 e. The molecule has 2 saturated carbocycles. The van der Waals surface area contributed by atoms with E-state index in [1.807, 2.05) is 4.90 Å². The number of nitrogens with one attached hydrogen (secondary N) is 2. The van der Waals surface area contributed by atoms with Crippen molar-refractivity contribution >= 4 is 17.5 Å². The molecule has 4 fully saturated rings. The molecule has 2 aromatic rings. The summed E-state index contributed by atoms with van der Waals surface area (Å²) in [6.07, 6.45) is 10.5. The van der Waals surface area contributed by atoms with Gasteiger partial charge in [-0.25, -0.2) is 4.39 Å². The van der Waals surface area contributed by atoms with Crippen LogP contribution in [0.1, 0.15) is 91.7 Å². The van der Waals surface area contributed by atoms with Gasteiger partial charge in [-0.2, -0.15) is 0 Å². The van der Waals surface area contributed by atoms with E-state index in [1.165, 1.54) is 31.7 Å². The normalized spacial score (nSPS) is 27.5. The zero-order valence-electron chi connectivity index (χ0n) is 24.6. The molecule has 2 amide bonds. The summed E-state index contributed by atoms with van der Waals surface area (Å²) in [7, 11) is 2.12. The standard InChI is InChI=1S/C34H45FN4O2/c1-22-7-5-11-29(35)31(22)34(41)39-30-12-6-8-24(30)21-28(33(40)37-27-17-19-38(2)20-18-27)32(39)23-13-15-26(16-14-23)36-25-9-3-4-10-25/h5,7,11,13-16,24-25,27-28,30,32,36H,3-4,6,8-10,12,17-21H2,1-2H3,(H,37,40)/t24?,28?,30?,32-/m0/s1. The van der Waals surface area contributed by atoms with Crippen LogP contribution >= 0.6 is 0 Å². The number of nitrogens with zero attached hydrogens (tertiary/aromatic N) is 2. The summed E-state index contributed by atoms with van der Waals surface area (Å²) in [5.74, 6) is -0.867. The van der Waals surface area contributed by atoms with Gasteiger partial charge in [0.1, 0.15) is 5.82 Å². The fourth-order valence-corrected chi connectivity index (χ4v) is 8.01. The van der Waals surface area contributed by atoms with Gasteiger partial charge in [0.25, 0.3) is 5.91 Å². The SMILES string of the molecule is Cc1cccc(F)c1C(=O)N1C2CCCC2CC(C(=O)NC2CCN(C)CC2)[C@@H]1c1ccc(NC2CCCC2)cc1. The molecule has 2 heterocycles. The molecule has 4 aliphatic rings. The summed E-state index contributed by atoms with van der Waals surface area (Å²) in [6.45, 7) is 3.74. The van der Waals surface area contributed by atoms with E-state index in [4.69, 9.17) is 0 Å². The maximum Gasteiger partial charge on any atom is 0.257 e. The minimum Gasteiger partial charge on any atom is -0.382 e. The molecule has 3 unspecified atom stereocenters. The maximum atomic E-state index is 15.2. The third-order valence-electron chi connectivity index (χ3n) is 10.3. The van der Waals surface area contributed by atoms with Crippen LogP contribution in [0.5, 0.6) is 0 Å². The summed E-state index contributed by atoms with van der Waals surface area (Å²) in [5.41, 5.74) is 2.81. The number of carbonyl (C=O) groups is 2. The number of halogens is 1. The third kappa shape index (κ3) is 5.88. The number of hydrogen-bond donors (Lipinski definition) is 2. The lowest BCUT2D eigenvalue weighted by atomic mass is 9.75. The van der Waals surface area contributed by atoms with E-state index >= 15 is 4.39 Å². The van der Waals surface area contributed by atoms with Crippen LogP contribution < -0.4 is 10.6 Å². The summed E-state index contributed by atoms with van der Waals surface area (Å²) < 4.78 is 15.2. The minimum atomic E-state index is -0.489. The zero-order valence-corrected chi connectivity index (χ0v) is 24.6. The van der Waals surface area contributed by atoms with Crippen molar-refractivity contribution in [2.24, 2.45) is 11.8 Å². The Kier molecular flexibility index (Phi) is 8.34. The van der Waals surface area contributed by atoms with Crippen molar-refractivity contribution in [3.05, 3.63) is 65.0 Å². The van der Waals surface area contributed by atoms with Crippen LogP contribution in [0.3, 0.4) is 0 Å². The lowest BCUT2D eigenvalue weighted by molar-refractivity contribution is -0.131. The Labute approximate surface area is 244 Å². The molecule has 0 radical (unpaired) electrons. The molecule has 2 aliphatic carbocycles. The molecule has 4 atom stereocenters. The van der Waals surface area contributed by atoms with Crippen molar-refractivity contribution in [2.45, 2.75) is 95.3 Å². The lowest BCUT2D eigenvalue weighted by Crippen LogP contribution is -2.56. The number of likely N-dealkylation sites (tertiary alicyclic amines) is 2. The van der Waals surface area contributed by atoms with Crippen LogP contribution in [0, 0.1) is 24.6 Å². The Hall–Kier alpha value is -2.93. The topological polar surface area (TPSA) is 64.7 Å². The molecule has 2 saturated heterocycles. The van der Waals surface area contributed by atoms with Crippen molar-refractivity contribution in [2.75, 3.05) is 25.5 Å². The molecule has 0 bridgehead atoms. The van der Waals surface area contributed by atoms with Gasteiger partial charge in [0, 0.05) is 23.8 Å². The van der Waals surface area contributed by atoms with Gasteiger partial charge in [0.15, 0.2) is 0 Å². The highest BCUT2D eigenvalue weighted by molar-refractivity contribution is 5.97. The van der Waals surface area contributed by atoms with Crippen LogP contribution in [0.15, 0.2) is 42.5 Å². The van der Waals surface area contributed by atoms with E-state index in [0.717, 1.165) is 62.9 Å². The second kappa shape index (κ2) is 12.1. The molecule has 220 valence electrons. The van der Waals surface area contributed by atoms with Gasteiger partial charge in [-0.15, -0.1) is 0 Å². The molecule has 0 aromatic heterocycles. The first-order chi connectivity index (χ1) is 19.9. The third-order valence-corrected chi connectivity index (χ3v) is 10.3. The molecule has 41 heavy (non-hydrogen) atoms. The van der Waals surface area contributed by atoms with Crippen molar-refractivity contribution in [3.8, 4) is 0 Å². The van der Waals surface area contributed by atoms with Crippen molar-refractivity contribution in [1.29, 1.82) is 0 Å². The first-order valence-corrected chi connectivity index (χ1v) is 15.8. The molecular formula is C34H45FN4O2. The van der Waals surface area contributed by atoms with E-state index in [-0.39, 0.29) is 41.3 Å². The van der Waals surface area contributed by atoms with Crippen LogP contribution in [-0.2, 0) is 4.79 Å². The summed E-state index contributed by atoms with van der Waals surface area (Å²) in [6, 6.07) is 13.4. The Morgan fingerprint density at radius 3 is 2.32 bits per heavy atom. The fourth-order valence-electron chi connectivity index (χ4n) is 8.01. The first kappa shape index (κ1) is 28.2. The van der Waals surface area contributed by atoms with Crippen LogP contribution in [0.25, 0.3) is 0 Å². The highest BCUT2D eigenvalue weighted by Gasteiger charge is 2.50. The van der Waals surface area contributed by atoms with Gasteiger partial charge in [0.05, 0.1) is 17.5 Å². The van der Waals surface area contributed by atoms with E-state index in [1.54, 1.807) is 19.1 Å². The van der Waals surface area contributed by atoms with Crippen LogP contribution in [0.4, 0.5) is 10.1 Å². The molecule has 2 aromatic carbocycles. The molecule has 6 nitrogen and oxygen atoms in total. The zero-order chi connectivity index (χ0) is 28.5. The molecule has 0 spiro atoms. The second-order valence-electron chi connectivity index (χ2n) is 13.0. The average molecular weight is 561 g/mol. The molecule has 6 rings (SSSR count). The van der Waals surface area contributed by atoms with E-state index in [2.05, 4.69) is 46.8 Å². The number of aryl methyl sites for hydroxylation is 1. The van der Waals surface area contributed by atoms with Gasteiger partial charge in [0.2, 0.25) is 5.91 Å². The number of hydrogen-bond acceptors (Lipinski definition) is 4. The molecular weight excluding hydrogens is 515 g/mol. The van der Waals surface area contributed by atoms with Crippen LogP contribution in [-0.4, -0.2) is 59.9 Å². The quantitative estimate of drug-likeness (QED) is 0.450. The Balaban J connectivity index is 1.35. The monoisotopic (exact) mass is 560 g/mol. The van der Waals surface area contributed by atoms with E-state index < -0.39 is 11.9 Å². The number of benzene rings is 2. The second-order valence-corrected chi connectivity index (χ2v) is 13.0. The number of amides is 2. The lowest BCUT2D eigenvalue weighted by Gasteiger charge is -2.48. The number of fused-ring (bicyclic) bond motifs is 1. The average Bonchev–Trinajstić information content (AvgIpc) is 3.66. The highest BCUT2D eigenvalue weighted by Crippen LogP contribution is 2.49. The van der Waals surface area contributed by atoms with Gasteiger partial charge in [-0.05, 0) is 107 Å². The number of rotatable bonds is 6. The van der Waals surface area contributed by atoms with Crippen molar-refractivity contribution < 1.29 is 14.0 Å². The fraction of sp³-hybridized carbons (Fsp3) is 0.588.